The highest BCUT2D eigenvalue weighted by atomic mass is 35.5. The van der Waals surface area contributed by atoms with E-state index in [4.69, 9.17) is 23.2 Å². The van der Waals surface area contributed by atoms with E-state index in [-0.39, 0.29) is 11.7 Å². The quantitative estimate of drug-likeness (QED) is 0.531. The van der Waals surface area contributed by atoms with Gasteiger partial charge in [0.2, 0.25) is 0 Å². The van der Waals surface area contributed by atoms with Crippen molar-refractivity contribution in [3.63, 3.8) is 0 Å². The van der Waals surface area contributed by atoms with Gasteiger partial charge in [0.15, 0.2) is 5.17 Å². The summed E-state index contributed by atoms with van der Waals surface area (Å²) in [6, 6.07) is 15.0. The molecule has 1 aromatic heterocycles. The number of hydrogen-bond donors (Lipinski definition) is 1. The minimum atomic E-state index is -0.304. The van der Waals surface area contributed by atoms with Crippen LogP contribution in [0, 0.1) is 5.82 Å². The van der Waals surface area contributed by atoms with Gasteiger partial charge in [0.25, 0.3) is 5.91 Å². The smallest absolute Gasteiger partial charge is 0.264 e. The van der Waals surface area contributed by atoms with Crippen LogP contribution in [0.15, 0.2) is 70.7 Å². The molecule has 4 rings (SSSR count). The highest BCUT2D eigenvalue weighted by Gasteiger charge is 2.24. The van der Waals surface area contributed by atoms with Crippen LogP contribution in [-0.2, 0) is 4.79 Å². The maximum Gasteiger partial charge on any atom is 0.264 e. The van der Waals surface area contributed by atoms with Gasteiger partial charge in [-0.1, -0.05) is 29.3 Å². The molecule has 0 radical (unpaired) electrons. The zero-order valence-electron chi connectivity index (χ0n) is 14.2. The second-order valence-electron chi connectivity index (χ2n) is 5.83. The SMILES string of the molecule is O=C1NC(=Nc2cccc(Cl)c2Cl)S/C1=C/c1cccn1-c1ccc(F)cc1. The summed E-state index contributed by atoms with van der Waals surface area (Å²) in [7, 11) is 0. The van der Waals surface area contributed by atoms with Crippen LogP contribution in [0.4, 0.5) is 10.1 Å². The molecular weight excluding hydrogens is 420 g/mol. The Morgan fingerprint density at radius 1 is 1.07 bits per heavy atom. The summed E-state index contributed by atoms with van der Waals surface area (Å²) in [6.45, 7) is 0. The number of aliphatic imine (C=N–C) groups is 1. The number of aromatic nitrogens is 1. The lowest BCUT2D eigenvalue weighted by molar-refractivity contribution is -0.115. The Morgan fingerprint density at radius 3 is 2.64 bits per heavy atom. The van der Waals surface area contributed by atoms with Crippen LogP contribution in [0.2, 0.25) is 10.0 Å². The Bertz CT molecular complexity index is 1120. The van der Waals surface area contributed by atoms with E-state index in [1.165, 1.54) is 23.9 Å². The topological polar surface area (TPSA) is 46.4 Å². The number of nitrogens with one attached hydrogen (secondary N) is 1. The van der Waals surface area contributed by atoms with Gasteiger partial charge in [0, 0.05) is 17.6 Å². The highest BCUT2D eigenvalue weighted by molar-refractivity contribution is 8.18. The molecule has 1 N–H and O–H groups in total. The maximum absolute atomic E-state index is 13.2. The molecule has 0 unspecified atom stereocenters. The first-order chi connectivity index (χ1) is 13.5. The van der Waals surface area contributed by atoms with Crippen LogP contribution in [0.3, 0.4) is 0 Å². The Kier molecular flexibility index (Phi) is 5.26. The number of halogens is 3. The fraction of sp³-hybridized carbons (Fsp3) is 0. The Hall–Kier alpha value is -2.54. The van der Waals surface area contributed by atoms with Gasteiger partial charge in [0.05, 0.1) is 20.6 Å². The predicted molar refractivity (Wildman–Crippen MR) is 113 cm³/mol. The summed E-state index contributed by atoms with van der Waals surface area (Å²) in [5, 5.41) is 3.86. The summed E-state index contributed by atoms with van der Waals surface area (Å²) >= 11 is 13.4. The lowest BCUT2D eigenvalue weighted by atomic mass is 10.3. The molecule has 1 aliphatic rings. The molecule has 1 fully saturated rings. The van der Waals surface area contributed by atoms with E-state index in [1.807, 2.05) is 22.9 Å². The number of amides is 1. The fourth-order valence-corrected chi connectivity index (χ4v) is 3.81. The second kappa shape index (κ2) is 7.83. The van der Waals surface area contributed by atoms with Crippen molar-refractivity contribution in [1.29, 1.82) is 0 Å². The van der Waals surface area contributed by atoms with Crippen molar-refractivity contribution in [1.82, 2.24) is 9.88 Å². The molecule has 8 heteroatoms. The van der Waals surface area contributed by atoms with E-state index in [0.29, 0.717) is 25.8 Å². The van der Waals surface area contributed by atoms with Crippen molar-refractivity contribution in [3.05, 3.63) is 87.3 Å². The van der Waals surface area contributed by atoms with Gasteiger partial charge in [-0.25, -0.2) is 9.38 Å². The number of benzene rings is 2. The van der Waals surface area contributed by atoms with Crippen molar-refractivity contribution in [2.24, 2.45) is 4.99 Å². The molecule has 4 nitrogen and oxygen atoms in total. The van der Waals surface area contributed by atoms with Crippen LogP contribution in [-0.4, -0.2) is 15.6 Å². The van der Waals surface area contributed by atoms with Crippen LogP contribution in [0.5, 0.6) is 0 Å². The third kappa shape index (κ3) is 3.85. The zero-order chi connectivity index (χ0) is 19.7. The first kappa shape index (κ1) is 18.8. The van der Waals surface area contributed by atoms with E-state index in [0.717, 1.165) is 11.4 Å². The van der Waals surface area contributed by atoms with Crippen LogP contribution in [0.25, 0.3) is 11.8 Å². The Morgan fingerprint density at radius 2 is 1.86 bits per heavy atom. The third-order valence-corrected chi connectivity index (χ3v) is 5.69. The van der Waals surface area contributed by atoms with Gasteiger partial charge in [-0.05, 0) is 66.4 Å². The number of nitrogens with zero attached hydrogens (tertiary/aromatic N) is 2. The van der Waals surface area contributed by atoms with E-state index < -0.39 is 0 Å². The van der Waals surface area contributed by atoms with Gasteiger partial charge in [-0.2, -0.15) is 0 Å². The molecule has 28 heavy (non-hydrogen) atoms. The minimum absolute atomic E-state index is 0.256. The van der Waals surface area contributed by atoms with E-state index in [2.05, 4.69) is 10.3 Å². The van der Waals surface area contributed by atoms with Gasteiger partial charge in [0.1, 0.15) is 5.82 Å². The maximum atomic E-state index is 13.2. The fourth-order valence-electron chi connectivity index (χ4n) is 2.65. The molecule has 1 amide bonds. The van der Waals surface area contributed by atoms with Crippen LogP contribution < -0.4 is 5.32 Å². The van der Waals surface area contributed by atoms with Crippen LogP contribution >= 0.6 is 35.0 Å². The largest absolute Gasteiger partial charge is 0.317 e. The van der Waals surface area contributed by atoms with E-state index in [1.54, 1.807) is 36.4 Å². The van der Waals surface area contributed by atoms with Crippen molar-refractivity contribution in [2.45, 2.75) is 0 Å². The van der Waals surface area contributed by atoms with Crippen molar-refractivity contribution >= 4 is 57.8 Å². The average molecular weight is 432 g/mol. The second-order valence-corrected chi connectivity index (χ2v) is 7.65. The molecule has 2 heterocycles. The Labute approximate surface area is 174 Å². The molecular formula is C20H12Cl2FN3OS. The monoisotopic (exact) mass is 431 g/mol. The molecule has 2 aromatic carbocycles. The molecule has 140 valence electrons. The first-order valence-corrected chi connectivity index (χ1v) is 9.75. The summed E-state index contributed by atoms with van der Waals surface area (Å²) < 4.78 is 15.0. The molecule has 0 spiro atoms. The number of carbonyl (C=O) groups is 1. The lowest BCUT2D eigenvalue weighted by Crippen LogP contribution is -2.19. The molecule has 0 atom stereocenters. The summed E-state index contributed by atoms with van der Waals surface area (Å²) in [6.07, 6.45) is 3.60. The number of thioether (sulfide) groups is 1. The highest BCUT2D eigenvalue weighted by Crippen LogP contribution is 2.34. The number of carbonyl (C=O) groups excluding carboxylic acids is 1. The predicted octanol–water partition coefficient (Wildman–Crippen LogP) is 5.81. The molecule has 0 aliphatic carbocycles. The van der Waals surface area contributed by atoms with Gasteiger partial charge < -0.3 is 9.88 Å². The van der Waals surface area contributed by atoms with Crippen LogP contribution in [0.1, 0.15) is 5.69 Å². The average Bonchev–Trinajstić information content (AvgIpc) is 3.27. The first-order valence-electron chi connectivity index (χ1n) is 8.18. The number of amidine groups is 1. The minimum Gasteiger partial charge on any atom is -0.317 e. The standard InChI is InChI=1S/C20H12Cl2FN3OS/c21-15-4-1-5-16(18(15)22)24-20-25-19(27)17(28-20)11-14-3-2-10-26(14)13-8-6-12(23)7-9-13/h1-11H,(H,24,25,27)/b17-11+. The zero-order valence-corrected chi connectivity index (χ0v) is 16.5. The number of rotatable bonds is 3. The normalized spacial score (nSPS) is 16.8. The van der Waals surface area contributed by atoms with Gasteiger partial charge in [-0.3, -0.25) is 4.79 Å². The summed E-state index contributed by atoms with van der Waals surface area (Å²) in [4.78, 5) is 17.2. The molecule has 3 aromatic rings. The third-order valence-electron chi connectivity index (χ3n) is 3.97. The molecule has 0 saturated carbocycles. The molecule has 0 bridgehead atoms. The van der Waals surface area contributed by atoms with E-state index >= 15 is 0 Å². The number of hydrogen-bond acceptors (Lipinski definition) is 3. The molecule has 1 saturated heterocycles. The van der Waals surface area contributed by atoms with Crippen molar-refractivity contribution in [3.8, 4) is 5.69 Å². The van der Waals surface area contributed by atoms with Gasteiger partial charge in [-0.15, -0.1) is 0 Å². The van der Waals surface area contributed by atoms with Crippen molar-refractivity contribution < 1.29 is 9.18 Å². The van der Waals surface area contributed by atoms with Crippen molar-refractivity contribution in [2.75, 3.05) is 0 Å². The summed E-state index contributed by atoms with van der Waals surface area (Å²) in [5.41, 5.74) is 2.06. The lowest BCUT2D eigenvalue weighted by Gasteiger charge is -2.06. The Balaban J connectivity index is 1.63. The van der Waals surface area contributed by atoms with E-state index in [9.17, 15) is 9.18 Å². The summed E-state index contributed by atoms with van der Waals surface area (Å²) in [5.74, 6) is -0.559. The molecule has 1 aliphatic heterocycles. The van der Waals surface area contributed by atoms with Gasteiger partial charge >= 0.3 is 0 Å².